The fourth-order valence-electron chi connectivity index (χ4n) is 4.58. The van der Waals surface area contributed by atoms with Crippen molar-refractivity contribution in [1.82, 2.24) is 10.2 Å². The van der Waals surface area contributed by atoms with Crippen LogP contribution in [0.4, 0.5) is 18.9 Å². The van der Waals surface area contributed by atoms with Gasteiger partial charge in [0.1, 0.15) is 6.04 Å². The molecule has 29 heavy (non-hydrogen) atoms. The maximum absolute atomic E-state index is 13.5. The monoisotopic (exact) mass is 406 g/mol. The minimum absolute atomic E-state index is 0.0651. The molecule has 1 N–H and O–H groups in total. The summed E-state index contributed by atoms with van der Waals surface area (Å²) in [6.45, 7) is 2.41. The lowest BCUT2D eigenvalue weighted by Gasteiger charge is -2.37. The molecule has 2 saturated heterocycles. The first-order valence-electron chi connectivity index (χ1n) is 10.1. The number of nitrogens with one attached hydrogen (secondary N) is 1. The number of piperidine rings is 1. The third-order valence-corrected chi connectivity index (χ3v) is 6.54. The van der Waals surface area contributed by atoms with Gasteiger partial charge in [0.15, 0.2) is 0 Å². The van der Waals surface area contributed by atoms with Gasteiger partial charge in [0.25, 0.3) is 0 Å². The second kappa shape index (κ2) is 7.21. The van der Waals surface area contributed by atoms with Crippen LogP contribution in [0.3, 0.4) is 0 Å². The summed E-state index contributed by atoms with van der Waals surface area (Å²) in [6.07, 6.45) is -0.184. The molecule has 1 aliphatic carbocycles. The largest absolute Gasteiger partial charge is 0.417 e. The number of likely N-dealkylation sites (tertiary alicyclic amines) is 1. The van der Waals surface area contributed by atoms with Gasteiger partial charge >= 0.3 is 6.18 Å². The molecule has 1 unspecified atom stereocenters. The maximum Gasteiger partial charge on any atom is 0.417 e. The number of rotatable bonds is 3. The van der Waals surface area contributed by atoms with Crippen molar-refractivity contribution in [2.24, 2.45) is 5.41 Å². The summed E-state index contributed by atoms with van der Waals surface area (Å²) in [4.78, 5) is 17.0. The molecule has 3 aliphatic rings. The van der Waals surface area contributed by atoms with Crippen LogP contribution in [0, 0.1) is 16.7 Å². The SMILES string of the molecule is CN1CCC2(CC1)CC(C(=O)NC1CC1)N(c1ccc(C#N)c(C(F)(F)F)c1)C2. The molecular weight excluding hydrogens is 381 g/mol. The summed E-state index contributed by atoms with van der Waals surface area (Å²) < 4.78 is 40.4. The molecule has 1 spiro atoms. The van der Waals surface area contributed by atoms with E-state index in [0.717, 1.165) is 44.8 Å². The van der Waals surface area contributed by atoms with E-state index in [9.17, 15) is 18.0 Å². The van der Waals surface area contributed by atoms with E-state index < -0.39 is 23.3 Å². The quantitative estimate of drug-likeness (QED) is 0.838. The molecule has 2 heterocycles. The topological polar surface area (TPSA) is 59.4 Å². The van der Waals surface area contributed by atoms with Crippen molar-refractivity contribution in [3.63, 3.8) is 0 Å². The summed E-state index contributed by atoms with van der Waals surface area (Å²) in [5.74, 6) is -0.0961. The molecule has 156 valence electrons. The molecule has 5 nitrogen and oxygen atoms in total. The standard InChI is InChI=1S/C21H25F3N4O/c1-27-8-6-20(7-9-27)11-18(19(29)26-15-3-4-15)28(13-20)16-5-2-14(12-25)17(10-16)21(22,23)24/h2,5,10,15,18H,3-4,6-9,11,13H2,1H3,(H,26,29). The van der Waals surface area contributed by atoms with Crippen LogP contribution in [0.1, 0.15) is 43.2 Å². The predicted octanol–water partition coefficient (Wildman–Crippen LogP) is 3.15. The van der Waals surface area contributed by atoms with Gasteiger partial charge in [-0.2, -0.15) is 18.4 Å². The number of anilines is 1. The van der Waals surface area contributed by atoms with E-state index >= 15 is 0 Å². The van der Waals surface area contributed by atoms with Crippen LogP contribution < -0.4 is 10.2 Å². The van der Waals surface area contributed by atoms with Gasteiger partial charge in [-0.3, -0.25) is 4.79 Å². The van der Waals surface area contributed by atoms with Crippen molar-refractivity contribution in [2.45, 2.75) is 50.4 Å². The zero-order valence-corrected chi connectivity index (χ0v) is 16.4. The molecule has 1 saturated carbocycles. The molecule has 1 aromatic carbocycles. The second-order valence-corrected chi connectivity index (χ2v) is 8.77. The lowest BCUT2D eigenvalue weighted by atomic mass is 9.76. The van der Waals surface area contributed by atoms with E-state index in [1.165, 1.54) is 6.07 Å². The molecule has 1 amide bonds. The molecule has 0 radical (unpaired) electrons. The van der Waals surface area contributed by atoms with E-state index in [4.69, 9.17) is 5.26 Å². The number of halogens is 3. The first-order valence-corrected chi connectivity index (χ1v) is 10.1. The Bertz CT molecular complexity index is 835. The zero-order chi connectivity index (χ0) is 20.8. The van der Waals surface area contributed by atoms with Crippen molar-refractivity contribution in [3.05, 3.63) is 29.3 Å². The fraction of sp³-hybridized carbons (Fsp3) is 0.619. The van der Waals surface area contributed by atoms with Gasteiger partial charge in [0, 0.05) is 18.3 Å². The Hall–Kier alpha value is -2.27. The highest BCUT2D eigenvalue weighted by molar-refractivity contribution is 5.86. The lowest BCUT2D eigenvalue weighted by Crippen LogP contribution is -2.44. The van der Waals surface area contributed by atoms with Gasteiger partial charge in [0.2, 0.25) is 5.91 Å². The number of carbonyl (C=O) groups excluding carboxylic acids is 1. The minimum Gasteiger partial charge on any atom is -0.359 e. The average Bonchev–Trinajstić information content (AvgIpc) is 3.42. The minimum atomic E-state index is -4.61. The van der Waals surface area contributed by atoms with Crippen LogP contribution in [0.25, 0.3) is 0 Å². The number of alkyl halides is 3. The van der Waals surface area contributed by atoms with E-state index in [2.05, 4.69) is 17.3 Å². The van der Waals surface area contributed by atoms with Crippen molar-refractivity contribution in [1.29, 1.82) is 5.26 Å². The highest BCUT2D eigenvalue weighted by Gasteiger charge is 2.48. The lowest BCUT2D eigenvalue weighted by molar-refractivity contribution is -0.137. The van der Waals surface area contributed by atoms with E-state index in [1.54, 1.807) is 12.1 Å². The Morgan fingerprint density at radius 3 is 2.55 bits per heavy atom. The molecule has 8 heteroatoms. The van der Waals surface area contributed by atoms with Crippen LogP contribution in [-0.2, 0) is 11.0 Å². The number of nitrogens with zero attached hydrogens (tertiary/aromatic N) is 3. The smallest absolute Gasteiger partial charge is 0.359 e. The third kappa shape index (κ3) is 4.06. The summed E-state index contributed by atoms with van der Waals surface area (Å²) in [7, 11) is 2.06. The van der Waals surface area contributed by atoms with Gasteiger partial charge in [-0.15, -0.1) is 0 Å². The summed E-state index contributed by atoms with van der Waals surface area (Å²) in [5.41, 5.74) is -1.04. The van der Waals surface area contributed by atoms with Crippen LogP contribution in [-0.4, -0.2) is 49.6 Å². The zero-order valence-electron chi connectivity index (χ0n) is 16.4. The number of amides is 1. The summed E-state index contributed by atoms with van der Waals surface area (Å²) >= 11 is 0. The predicted molar refractivity (Wildman–Crippen MR) is 102 cm³/mol. The number of hydrogen-bond acceptors (Lipinski definition) is 4. The van der Waals surface area contributed by atoms with Crippen LogP contribution in [0.2, 0.25) is 0 Å². The van der Waals surface area contributed by atoms with Crippen LogP contribution in [0.5, 0.6) is 0 Å². The van der Waals surface area contributed by atoms with Crippen LogP contribution in [0.15, 0.2) is 18.2 Å². The number of hydrogen-bond donors (Lipinski definition) is 1. The van der Waals surface area contributed by atoms with Gasteiger partial charge < -0.3 is 15.1 Å². The fourth-order valence-corrected chi connectivity index (χ4v) is 4.58. The highest BCUT2D eigenvalue weighted by atomic mass is 19.4. The molecule has 1 atom stereocenters. The molecule has 1 aromatic rings. The van der Waals surface area contributed by atoms with Gasteiger partial charge in [-0.25, -0.2) is 0 Å². The van der Waals surface area contributed by atoms with E-state index in [-0.39, 0.29) is 17.4 Å². The first-order chi connectivity index (χ1) is 13.7. The van der Waals surface area contributed by atoms with E-state index in [0.29, 0.717) is 18.7 Å². The number of carbonyl (C=O) groups is 1. The molecule has 4 rings (SSSR count). The Morgan fingerprint density at radius 2 is 1.97 bits per heavy atom. The van der Waals surface area contributed by atoms with Crippen molar-refractivity contribution in [3.8, 4) is 6.07 Å². The highest BCUT2D eigenvalue weighted by Crippen LogP contribution is 2.46. The summed E-state index contributed by atoms with van der Waals surface area (Å²) in [5, 5.41) is 12.1. The second-order valence-electron chi connectivity index (χ2n) is 8.77. The van der Waals surface area contributed by atoms with Crippen molar-refractivity contribution < 1.29 is 18.0 Å². The number of nitriles is 1. The first kappa shape index (κ1) is 20.0. The maximum atomic E-state index is 13.5. The molecule has 2 aliphatic heterocycles. The molecule has 0 bridgehead atoms. The Labute approximate surface area is 168 Å². The van der Waals surface area contributed by atoms with Crippen molar-refractivity contribution in [2.75, 3.05) is 31.6 Å². The summed E-state index contributed by atoms with van der Waals surface area (Å²) in [6, 6.07) is 5.14. The van der Waals surface area contributed by atoms with Gasteiger partial charge in [-0.1, -0.05) is 0 Å². The van der Waals surface area contributed by atoms with Gasteiger partial charge in [-0.05, 0) is 75.9 Å². The molecular formula is C21H25F3N4O. The number of benzene rings is 1. The Balaban J connectivity index is 1.67. The Morgan fingerprint density at radius 1 is 1.28 bits per heavy atom. The normalized spacial score (nSPS) is 24.5. The van der Waals surface area contributed by atoms with E-state index in [1.807, 2.05) is 4.90 Å². The van der Waals surface area contributed by atoms with Crippen molar-refractivity contribution >= 4 is 11.6 Å². The van der Waals surface area contributed by atoms with Crippen LogP contribution >= 0.6 is 0 Å². The third-order valence-electron chi connectivity index (χ3n) is 6.54. The average molecular weight is 406 g/mol. The van der Waals surface area contributed by atoms with Gasteiger partial charge in [0.05, 0.1) is 17.2 Å². The molecule has 3 fully saturated rings. The Kier molecular flexibility index (Phi) is 4.97. The molecule has 0 aromatic heterocycles.